The number of carbonyl (C=O) groups is 1. The van der Waals surface area contributed by atoms with Gasteiger partial charge in [0.25, 0.3) is 5.91 Å². The smallest absolute Gasteiger partial charge is 0.255 e. The summed E-state index contributed by atoms with van der Waals surface area (Å²) in [5, 5.41) is 7.17. The van der Waals surface area contributed by atoms with Crippen molar-refractivity contribution in [3.05, 3.63) is 17.5 Å². The molecular weight excluding hydrogens is 254 g/mol. The minimum Gasteiger partial charge on any atom is -0.383 e. The largest absolute Gasteiger partial charge is 0.383 e. The maximum absolute atomic E-state index is 12.1. The van der Waals surface area contributed by atoms with E-state index < -0.39 is 0 Å². The molecule has 1 N–H and O–H groups in total. The first-order chi connectivity index (χ1) is 8.62. The van der Waals surface area contributed by atoms with Crippen molar-refractivity contribution in [2.75, 3.05) is 19.6 Å². The first-order valence-electron chi connectivity index (χ1n) is 6.00. The molecule has 1 atom stereocenters. The quantitative estimate of drug-likeness (QED) is 0.763. The van der Waals surface area contributed by atoms with Crippen molar-refractivity contribution < 1.29 is 9.53 Å². The lowest BCUT2D eigenvalue weighted by molar-refractivity contribution is 0.0894. The number of aromatic nitrogens is 2. The van der Waals surface area contributed by atoms with Crippen LogP contribution in [0.15, 0.2) is 6.20 Å². The van der Waals surface area contributed by atoms with E-state index in [-0.39, 0.29) is 11.9 Å². The second kappa shape index (κ2) is 7.38. The van der Waals surface area contributed by atoms with Crippen molar-refractivity contribution in [1.29, 1.82) is 0 Å². The van der Waals surface area contributed by atoms with E-state index in [2.05, 4.69) is 10.4 Å². The molecule has 1 aromatic heterocycles. The van der Waals surface area contributed by atoms with Crippen molar-refractivity contribution >= 4 is 17.5 Å². The van der Waals surface area contributed by atoms with Gasteiger partial charge in [-0.1, -0.05) is 6.92 Å². The Morgan fingerprint density at radius 1 is 1.67 bits per heavy atom. The first kappa shape index (κ1) is 15.0. The van der Waals surface area contributed by atoms with Gasteiger partial charge in [-0.2, -0.15) is 5.10 Å². The van der Waals surface area contributed by atoms with E-state index in [9.17, 15) is 4.79 Å². The van der Waals surface area contributed by atoms with Crippen molar-refractivity contribution in [2.24, 2.45) is 7.05 Å². The molecule has 0 saturated heterocycles. The molecule has 1 unspecified atom stereocenters. The van der Waals surface area contributed by atoms with E-state index >= 15 is 0 Å². The van der Waals surface area contributed by atoms with Crippen LogP contribution in [-0.2, 0) is 18.2 Å². The summed E-state index contributed by atoms with van der Waals surface area (Å²) in [6.45, 7) is 2.44. The summed E-state index contributed by atoms with van der Waals surface area (Å²) in [4.78, 5) is 12.1. The Hall–Kier alpha value is -1.07. The van der Waals surface area contributed by atoms with Crippen LogP contribution < -0.4 is 5.32 Å². The number of nitrogens with zero attached hydrogens (tertiary/aromatic N) is 2. The zero-order valence-corrected chi connectivity index (χ0v) is 11.8. The molecule has 0 radical (unpaired) electrons. The number of halogens is 1. The number of hydrogen-bond donors (Lipinski definition) is 1. The SMILES string of the molecule is CCc1nn(C)cc1C(=O)NC(CCCl)COC. The Balaban J connectivity index is 2.73. The Labute approximate surface area is 112 Å². The maximum Gasteiger partial charge on any atom is 0.255 e. The summed E-state index contributed by atoms with van der Waals surface area (Å²) in [5.74, 6) is 0.370. The van der Waals surface area contributed by atoms with Gasteiger partial charge in [0, 0.05) is 26.2 Å². The van der Waals surface area contributed by atoms with Crippen LogP contribution in [0.1, 0.15) is 29.4 Å². The molecule has 0 bridgehead atoms. The number of rotatable bonds is 7. The summed E-state index contributed by atoms with van der Waals surface area (Å²) in [5.41, 5.74) is 1.42. The molecule has 1 amide bonds. The number of amides is 1. The third-order valence-corrected chi connectivity index (χ3v) is 2.86. The van der Waals surface area contributed by atoms with Crippen molar-refractivity contribution in [3.63, 3.8) is 0 Å². The van der Waals surface area contributed by atoms with Gasteiger partial charge in [0.2, 0.25) is 0 Å². The molecule has 1 aromatic rings. The highest BCUT2D eigenvalue weighted by Gasteiger charge is 2.18. The van der Waals surface area contributed by atoms with E-state index in [1.54, 1.807) is 25.0 Å². The van der Waals surface area contributed by atoms with Crippen LogP contribution in [0.2, 0.25) is 0 Å². The summed E-state index contributed by atoms with van der Waals surface area (Å²) < 4.78 is 6.71. The Bertz CT molecular complexity index is 387. The van der Waals surface area contributed by atoms with Crippen LogP contribution in [0.5, 0.6) is 0 Å². The van der Waals surface area contributed by atoms with Gasteiger partial charge in [0.1, 0.15) is 0 Å². The predicted molar refractivity (Wildman–Crippen MR) is 71.1 cm³/mol. The number of ether oxygens (including phenoxy) is 1. The van der Waals surface area contributed by atoms with Gasteiger partial charge in [-0.05, 0) is 12.8 Å². The van der Waals surface area contributed by atoms with Gasteiger partial charge in [-0.3, -0.25) is 9.48 Å². The molecule has 1 rings (SSSR count). The Morgan fingerprint density at radius 2 is 2.39 bits per heavy atom. The molecule has 102 valence electrons. The van der Waals surface area contributed by atoms with Crippen molar-refractivity contribution in [2.45, 2.75) is 25.8 Å². The fourth-order valence-corrected chi connectivity index (χ4v) is 2.04. The molecule has 18 heavy (non-hydrogen) atoms. The van der Waals surface area contributed by atoms with Crippen molar-refractivity contribution in [1.82, 2.24) is 15.1 Å². The topological polar surface area (TPSA) is 56.2 Å². The molecule has 0 spiro atoms. The minimum absolute atomic E-state index is 0.0649. The number of aryl methyl sites for hydroxylation is 2. The lowest BCUT2D eigenvalue weighted by atomic mass is 10.1. The highest BCUT2D eigenvalue weighted by Crippen LogP contribution is 2.08. The molecule has 0 aliphatic rings. The first-order valence-corrected chi connectivity index (χ1v) is 6.54. The van der Waals surface area contributed by atoms with Gasteiger partial charge in [0.15, 0.2) is 0 Å². The molecule has 0 saturated carbocycles. The van der Waals surface area contributed by atoms with Crippen LogP contribution in [0.25, 0.3) is 0 Å². The standard InChI is InChI=1S/C12H20ClN3O2/c1-4-11-10(7-16(2)15-11)12(17)14-9(5-6-13)8-18-3/h7,9H,4-6,8H2,1-3H3,(H,14,17). The van der Waals surface area contributed by atoms with E-state index in [1.807, 2.05) is 6.92 Å². The normalized spacial score (nSPS) is 12.4. The number of alkyl halides is 1. The number of nitrogens with one attached hydrogen (secondary N) is 1. The molecule has 0 aliphatic heterocycles. The number of carbonyl (C=O) groups excluding carboxylic acids is 1. The molecule has 1 heterocycles. The van der Waals surface area contributed by atoms with Gasteiger partial charge in [-0.25, -0.2) is 0 Å². The summed E-state index contributed by atoms with van der Waals surface area (Å²) >= 11 is 5.70. The Morgan fingerprint density at radius 3 is 2.94 bits per heavy atom. The third kappa shape index (κ3) is 3.99. The summed E-state index contributed by atoms with van der Waals surface area (Å²) in [6, 6.07) is -0.0649. The van der Waals surface area contributed by atoms with Crippen molar-refractivity contribution in [3.8, 4) is 0 Å². The van der Waals surface area contributed by atoms with E-state index in [0.29, 0.717) is 24.5 Å². The molecule has 0 aromatic carbocycles. The molecular formula is C12H20ClN3O2. The minimum atomic E-state index is -0.118. The van der Waals surface area contributed by atoms with E-state index in [4.69, 9.17) is 16.3 Å². The molecule has 6 heteroatoms. The zero-order valence-electron chi connectivity index (χ0n) is 11.1. The predicted octanol–water partition coefficient (Wildman–Crippen LogP) is 1.36. The van der Waals surface area contributed by atoms with Crippen LogP contribution >= 0.6 is 11.6 Å². The van der Waals surface area contributed by atoms with Gasteiger partial charge in [0.05, 0.1) is 23.9 Å². The second-order valence-corrected chi connectivity index (χ2v) is 4.50. The number of hydrogen-bond acceptors (Lipinski definition) is 3. The third-order valence-electron chi connectivity index (χ3n) is 2.65. The van der Waals surface area contributed by atoms with E-state index in [1.165, 1.54) is 0 Å². The highest BCUT2D eigenvalue weighted by atomic mass is 35.5. The van der Waals surface area contributed by atoms with Crippen LogP contribution in [0.4, 0.5) is 0 Å². The summed E-state index contributed by atoms with van der Waals surface area (Å²) in [7, 11) is 3.41. The summed E-state index contributed by atoms with van der Waals surface area (Å²) in [6.07, 6.45) is 3.15. The zero-order chi connectivity index (χ0) is 13.5. The van der Waals surface area contributed by atoms with Crippen LogP contribution in [0, 0.1) is 0 Å². The monoisotopic (exact) mass is 273 g/mol. The molecule has 5 nitrogen and oxygen atoms in total. The second-order valence-electron chi connectivity index (χ2n) is 4.12. The Kier molecular flexibility index (Phi) is 6.15. The average Bonchev–Trinajstić information content (AvgIpc) is 2.71. The highest BCUT2D eigenvalue weighted by molar-refractivity contribution is 6.17. The van der Waals surface area contributed by atoms with Gasteiger partial charge >= 0.3 is 0 Å². The van der Waals surface area contributed by atoms with E-state index in [0.717, 1.165) is 12.1 Å². The van der Waals surface area contributed by atoms with Crippen LogP contribution in [0.3, 0.4) is 0 Å². The maximum atomic E-state index is 12.1. The lowest BCUT2D eigenvalue weighted by Gasteiger charge is -2.16. The molecule has 0 aliphatic carbocycles. The van der Waals surface area contributed by atoms with Gasteiger partial charge in [-0.15, -0.1) is 11.6 Å². The average molecular weight is 274 g/mol. The fourth-order valence-electron chi connectivity index (χ4n) is 1.78. The number of methoxy groups -OCH3 is 1. The fraction of sp³-hybridized carbons (Fsp3) is 0.667. The van der Waals surface area contributed by atoms with Crippen LogP contribution in [-0.4, -0.2) is 41.3 Å². The van der Waals surface area contributed by atoms with Gasteiger partial charge < -0.3 is 10.1 Å². The molecule has 0 fully saturated rings. The lowest BCUT2D eigenvalue weighted by Crippen LogP contribution is -2.38.